The normalized spacial score (nSPS) is 23.4. The maximum absolute atomic E-state index is 12.7. The summed E-state index contributed by atoms with van der Waals surface area (Å²) in [6.07, 6.45) is 5.46. The molecule has 0 radical (unpaired) electrons. The van der Waals surface area contributed by atoms with Crippen molar-refractivity contribution >= 4 is 11.8 Å². The second-order valence-corrected chi connectivity index (χ2v) is 6.79. The molecule has 1 unspecified atom stereocenters. The van der Waals surface area contributed by atoms with Crippen molar-refractivity contribution in [2.45, 2.75) is 51.1 Å². The summed E-state index contributed by atoms with van der Waals surface area (Å²) >= 11 is 0. The van der Waals surface area contributed by atoms with Gasteiger partial charge in [-0.1, -0.05) is 30.7 Å². The molecule has 2 amide bonds. The first kappa shape index (κ1) is 14.5. The van der Waals surface area contributed by atoms with Gasteiger partial charge in [-0.05, 0) is 42.4 Å². The van der Waals surface area contributed by atoms with Gasteiger partial charge in [0.15, 0.2) is 0 Å². The van der Waals surface area contributed by atoms with E-state index in [2.05, 4.69) is 23.5 Å². The molecule has 1 saturated carbocycles. The van der Waals surface area contributed by atoms with Gasteiger partial charge in [0.1, 0.15) is 0 Å². The Hall–Kier alpha value is -2.10. The molecule has 4 nitrogen and oxygen atoms in total. The number of nitrogens with zero attached hydrogens (tertiary/aromatic N) is 1. The van der Waals surface area contributed by atoms with Crippen LogP contribution in [-0.2, 0) is 22.6 Å². The van der Waals surface area contributed by atoms with Gasteiger partial charge in [0.2, 0.25) is 11.8 Å². The summed E-state index contributed by atoms with van der Waals surface area (Å²) in [6.45, 7) is 1.42. The van der Waals surface area contributed by atoms with Crippen LogP contribution >= 0.6 is 0 Å². The highest BCUT2D eigenvalue weighted by Gasteiger charge is 2.34. The lowest BCUT2D eigenvalue weighted by Gasteiger charge is -2.29. The topological polar surface area (TPSA) is 49.4 Å². The molecule has 4 rings (SSSR count). The second-order valence-electron chi connectivity index (χ2n) is 6.79. The third kappa shape index (κ3) is 2.67. The van der Waals surface area contributed by atoms with Crippen molar-refractivity contribution in [1.82, 2.24) is 10.2 Å². The van der Waals surface area contributed by atoms with E-state index < -0.39 is 0 Å². The lowest BCUT2D eigenvalue weighted by molar-refractivity contribution is -0.132. The average molecular weight is 310 g/mol. The molecule has 1 aliphatic carbocycles. The molecular weight excluding hydrogens is 288 g/mol. The number of hydrogen-bond donors (Lipinski definition) is 1. The van der Waals surface area contributed by atoms with Gasteiger partial charge < -0.3 is 10.2 Å². The number of nitrogens with one attached hydrogen (secondary N) is 1. The van der Waals surface area contributed by atoms with Gasteiger partial charge in [0, 0.05) is 18.7 Å². The molecule has 23 heavy (non-hydrogen) atoms. The number of hydrogen-bond acceptors (Lipinski definition) is 2. The Balaban J connectivity index is 1.49. The Morgan fingerprint density at radius 3 is 2.87 bits per heavy atom. The number of carbonyl (C=O) groups excluding carboxylic acids is 2. The van der Waals surface area contributed by atoms with Gasteiger partial charge in [-0.25, -0.2) is 0 Å². The first-order valence-corrected chi connectivity index (χ1v) is 8.60. The van der Waals surface area contributed by atoms with Crippen molar-refractivity contribution < 1.29 is 9.59 Å². The Morgan fingerprint density at radius 1 is 1.17 bits per heavy atom. The Labute approximate surface area is 136 Å². The zero-order chi connectivity index (χ0) is 15.8. The molecule has 1 aromatic carbocycles. The van der Waals surface area contributed by atoms with Gasteiger partial charge >= 0.3 is 0 Å². The number of amides is 2. The van der Waals surface area contributed by atoms with Crippen LogP contribution in [0.25, 0.3) is 0 Å². The summed E-state index contributed by atoms with van der Waals surface area (Å²) in [6, 6.07) is 8.50. The molecule has 1 aromatic rings. The van der Waals surface area contributed by atoms with Crippen LogP contribution in [0.1, 0.15) is 43.2 Å². The molecule has 0 saturated heterocycles. The summed E-state index contributed by atoms with van der Waals surface area (Å²) in [5.74, 6) is 0.0704. The third-order valence-electron chi connectivity index (χ3n) is 5.39. The van der Waals surface area contributed by atoms with Crippen molar-refractivity contribution in [2.24, 2.45) is 0 Å². The zero-order valence-corrected chi connectivity index (χ0v) is 13.3. The minimum Gasteiger partial charge on any atom is -0.346 e. The largest absolute Gasteiger partial charge is 0.346 e. The molecule has 4 heteroatoms. The predicted octanol–water partition coefficient (Wildman–Crippen LogP) is 2.33. The maximum atomic E-state index is 12.7. The first-order valence-electron chi connectivity index (χ1n) is 8.60. The molecule has 1 atom stereocenters. The Morgan fingerprint density at radius 2 is 2.00 bits per heavy atom. The molecule has 2 heterocycles. The monoisotopic (exact) mass is 310 g/mol. The van der Waals surface area contributed by atoms with Crippen LogP contribution in [0, 0.1) is 0 Å². The fourth-order valence-corrected chi connectivity index (χ4v) is 4.09. The summed E-state index contributed by atoms with van der Waals surface area (Å²) in [5.41, 5.74) is 4.52. The van der Waals surface area contributed by atoms with Crippen LogP contribution in [0.4, 0.5) is 0 Å². The molecule has 1 fully saturated rings. The van der Waals surface area contributed by atoms with Crippen LogP contribution in [0.5, 0.6) is 0 Å². The van der Waals surface area contributed by atoms with Gasteiger partial charge in [0.05, 0.1) is 12.5 Å². The fraction of sp³-hybridized carbons (Fsp3) is 0.474. The maximum Gasteiger partial charge on any atom is 0.248 e. The molecule has 3 aliphatic rings. The molecule has 1 N–H and O–H groups in total. The fourth-order valence-electron chi connectivity index (χ4n) is 4.09. The smallest absolute Gasteiger partial charge is 0.248 e. The van der Waals surface area contributed by atoms with E-state index in [1.807, 2.05) is 11.0 Å². The third-order valence-corrected chi connectivity index (χ3v) is 5.39. The molecular formula is C19H22N2O2. The van der Waals surface area contributed by atoms with Crippen molar-refractivity contribution in [3.05, 3.63) is 46.5 Å². The van der Waals surface area contributed by atoms with Crippen molar-refractivity contribution in [3.63, 3.8) is 0 Å². The van der Waals surface area contributed by atoms with E-state index in [1.165, 1.54) is 23.1 Å². The van der Waals surface area contributed by atoms with Crippen LogP contribution < -0.4 is 5.32 Å². The van der Waals surface area contributed by atoms with Crippen LogP contribution in [-0.4, -0.2) is 29.3 Å². The van der Waals surface area contributed by atoms with Gasteiger partial charge in [-0.15, -0.1) is 0 Å². The van der Waals surface area contributed by atoms with E-state index >= 15 is 0 Å². The SMILES string of the molecule is O=C1NC2CCCCC2=C1CC(=O)N1CCc2ccccc2C1. The highest BCUT2D eigenvalue weighted by Crippen LogP contribution is 2.32. The second kappa shape index (κ2) is 5.84. The highest BCUT2D eigenvalue weighted by molar-refractivity contribution is 6.02. The highest BCUT2D eigenvalue weighted by atomic mass is 16.2. The van der Waals surface area contributed by atoms with Crippen molar-refractivity contribution in [2.75, 3.05) is 6.54 Å². The van der Waals surface area contributed by atoms with Crippen molar-refractivity contribution in [1.29, 1.82) is 0 Å². The van der Waals surface area contributed by atoms with Crippen molar-refractivity contribution in [3.8, 4) is 0 Å². The zero-order valence-electron chi connectivity index (χ0n) is 13.3. The minimum atomic E-state index is -0.0161. The summed E-state index contributed by atoms with van der Waals surface area (Å²) in [5, 5.41) is 3.05. The number of fused-ring (bicyclic) bond motifs is 2. The number of rotatable bonds is 2. The van der Waals surface area contributed by atoms with Crippen LogP contribution in [0.3, 0.4) is 0 Å². The molecule has 0 bridgehead atoms. The lowest BCUT2D eigenvalue weighted by Crippen LogP contribution is -2.36. The van der Waals surface area contributed by atoms with E-state index in [4.69, 9.17) is 0 Å². The number of benzene rings is 1. The standard InChI is InChI=1S/C19H22N2O2/c22-18(21-10-9-13-5-1-2-6-14(13)12-21)11-16-15-7-3-4-8-17(15)20-19(16)23/h1-2,5-6,17H,3-4,7-12H2,(H,20,23). The Bertz CT molecular complexity index is 692. The first-order chi connectivity index (χ1) is 11.2. The van der Waals surface area contributed by atoms with Gasteiger partial charge in [-0.2, -0.15) is 0 Å². The van der Waals surface area contributed by atoms with E-state index in [0.29, 0.717) is 6.54 Å². The van der Waals surface area contributed by atoms with Gasteiger partial charge in [-0.3, -0.25) is 9.59 Å². The average Bonchev–Trinajstić information content (AvgIpc) is 2.90. The minimum absolute atomic E-state index is 0.0161. The quantitative estimate of drug-likeness (QED) is 0.911. The van der Waals surface area contributed by atoms with Crippen LogP contribution in [0.15, 0.2) is 35.4 Å². The number of carbonyl (C=O) groups is 2. The predicted molar refractivity (Wildman–Crippen MR) is 87.6 cm³/mol. The molecule has 0 aromatic heterocycles. The van der Waals surface area contributed by atoms with E-state index in [-0.39, 0.29) is 24.3 Å². The van der Waals surface area contributed by atoms with E-state index in [9.17, 15) is 9.59 Å². The molecule has 2 aliphatic heterocycles. The van der Waals surface area contributed by atoms with E-state index in [0.717, 1.165) is 37.8 Å². The lowest BCUT2D eigenvalue weighted by atomic mass is 9.88. The Kier molecular flexibility index (Phi) is 3.68. The summed E-state index contributed by atoms with van der Waals surface area (Å²) in [4.78, 5) is 26.8. The van der Waals surface area contributed by atoms with Crippen LogP contribution in [0.2, 0.25) is 0 Å². The summed E-state index contributed by atoms with van der Waals surface area (Å²) < 4.78 is 0. The van der Waals surface area contributed by atoms with E-state index in [1.54, 1.807) is 0 Å². The van der Waals surface area contributed by atoms with Gasteiger partial charge in [0.25, 0.3) is 0 Å². The molecule has 120 valence electrons. The summed E-state index contributed by atoms with van der Waals surface area (Å²) in [7, 11) is 0. The molecule has 0 spiro atoms.